The van der Waals surface area contributed by atoms with Crippen LogP contribution in [0.5, 0.6) is 0 Å². The van der Waals surface area contributed by atoms with Gasteiger partial charge in [0, 0.05) is 67.1 Å². The van der Waals surface area contributed by atoms with E-state index in [1.54, 1.807) is 0 Å². The third-order valence-electron chi connectivity index (χ3n) is 16.6. The number of fused-ring (bicyclic) bond motifs is 13. The Morgan fingerprint density at radius 1 is 0.306 bits per heavy atom. The lowest BCUT2D eigenvalue weighted by Crippen LogP contribution is -2.56. The molecular weight excluding hydrogens is 870 g/mol. The summed E-state index contributed by atoms with van der Waals surface area (Å²) in [7, 11) is 0. The number of aromatic nitrogens is 2. The minimum absolute atomic E-state index is 0.105. The maximum atomic E-state index is 2.79. The first kappa shape index (κ1) is 40.0. The fourth-order valence-electron chi connectivity index (χ4n) is 14.0. The summed E-state index contributed by atoms with van der Waals surface area (Å²) in [5, 5.41) is 2.57. The first-order valence-corrected chi connectivity index (χ1v) is 25.4. The Balaban J connectivity index is 1.08. The summed E-state index contributed by atoms with van der Waals surface area (Å²) in [5.41, 5.74) is 33.2. The van der Waals surface area contributed by atoms with Crippen LogP contribution in [0.4, 0.5) is 34.1 Å². The van der Waals surface area contributed by atoms with E-state index >= 15 is 0 Å². The van der Waals surface area contributed by atoms with Gasteiger partial charge in [0.15, 0.2) is 0 Å². The molecule has 6 heteroatoms. The van der Waals surface area contributed by atoms with Crippen LogP contribution in [0.1, 0.15) is 22.3 Å². The van der Waals surface area contributed by atoms with Crippen LogP contribution in [0.3, 0.4) is 0 Å². The van der Waals surface area contributed by atoms with Crippen molar-refractivity contribution in [2.24, 2.45) is 0 Å². The zero-order valence-electron chi connectivity index (χ0n) is 40.6. The Morgan fingerprint density at radius 2 is 0.708 bits per heavy atom. The first-order chi connectivity index (χ1) is 35.4. The lowest BCUT2D eigenvalue weighted by atomic mass is 9.44. The molecule has 336 valence electrons. The van der Waals surface area contributed by atoms with E-state index in [1.165, 1.54) is 144 Å². The van der Waals surface area contributed by atoms with E-state index in [9.17, 15) is 0 Å². The molecule has 12 aromatic rings. The maximum absolute atomic E-state index is 2.79. The van der Waals surface area contributed by atoms with Crippen molar-refractivity contribution in [2.45, 2.75) is 27.7 Å². The van der Waals surface area contributed by atoms with Crippen LogP contribution >= 0.6 is 0 Å². The number of rotatable bonds is 4. The Bertz CT molecular complexity index is 4080. The van der Waals surface area contributed by atoms with Crippen LogP contribution in [0.2, 0.25) is 0 Å². The number of aryl methyl sites for hydroxylation is 4. The van der Waals surface area contributed by atoms with Gasteiger partial charge in [-0.15, -0.1) is 0 Å². The maximum Gasteiger partial charge on any atom is 0.333 e. The molecule has 4 nitrogen and oxygen atoms in total. The lowest BCUT2D eigenvalue weighted by Gasteiger charge is -2.41. The van der Waals surface area contributed by atoms with Gasteiger partial charge in [0.1, 0.15) is 0 Å². The van der Waals surface area contributed by atoms with Crippen LogP contribution < -0.4 is 31.7 Å². The van der Waals surface area contributed by atoms with E-state index in [0.717, 1.165) is 11.4 Å². The third kappa shape index (κ3) is 5.08. The van der Waals surface area contributed by atoms with Crippen molar-refractivity contribution in [1.29, 1.82) is 0 Å². The SMILES string of the molecule is Cc1ccc(-c2ccc3c4c2-c2cccc5c2n(c2c6cccc7c6n(c52)B2c5ccccc5N(c5ccccc5)c5ccc(-c6ccc(C)cc6C)c-7c52)B4c2ccccc2N3c2ccccc2)c(C)c1. The van der Waals surface area contributed by atoms with Crippen LogP contribution in [-0.4, -0.2) is 22.7 Å². The van der Waals surface area contributed by atoms with Gasteiger partial charge in [-0.25, -0.2) is 0 Å². The van der Waals surface area contributed by atoms with Crippen LogP contribution in [0.25, 0.3) is 77.3 Å². The molecule has 0 unspecified atom stereocenters. The lowest BCUT2D eigenvalue weighted by molar-refractivity contribution is 1.25. The van der Waals surface area contributed by atoms with E-state index in [4.69, 9.17) is 0 Å². The van der Waals surface area contributed by atoms with Crippen molar-refractivity contribution in [2.75, 3.05) is 9.80 Å². The Kier molecular flexibility index (Phi) is 8.03. The molecule has 2 aromatic heterocycles. The number of nitrogens with zero attached hydrogens (tertiary/aromatic N) is 4. The number of hydrogen-bond donors (Lipinski definition) is 0. The topological polar surface area (TPSA) is 16.3 Å². The molecule has 0 bridgehead atoms. The Hall–Kier alpha value is -8.73. The molecule has 0 aliphatic carbocycles. The van der Waals surface area contributed by atoms with Crippen LogP contribution in [-0.2, 0) is 0 Å². The van der Waals surface area contributed by atoms with Crippen molar-refractivity contribution in [1.82, 2.24) is 8.96 Å². The van der Waals surface area contributed by atoms with E-state index in [0.29, 0.717) is 0 Å². The highest BCUT2D eigenvalue weighted by atomic mass is 15.2. The van der Waals surface area contributed by atoms with Crippen LogP contribution in [0.15, 0.2) is 206 Å². The van der Waals surface area contributed by atoms with Gasteiger partial charge in [0.2, 0.25) is 0 Å². The standard InChI is InChI=1S/C66H46B2N4/c1-39-29-31-45(41(3)37-39)47-33-35-57-61-59(47)49-21-15-23-51-63(49)71(67(61)53-25-11-13-27-55(53)69(57)43-17-7-5-8-18-43)66-52-24-16-22-50-60-48(46-32-30-40(2)38-42(46)4)34-36-58-62(60)68(72(64(50)52)65(51)66)54-26-12-14-28-56(54)70(58)44-19-9-6-10-20-44/h5-38H,1-4H3. The molecule has 0 atom stereocenters. The van der Waals surface area contributed by atoms with Gasteiger partial charge in [-0.05, 0) is 143 Å². The second-order valence-electron chi connectivity index (χ2n) is 20.6. The molecule has 0 amide bonds. The largest absolute Gasteiger partial charge is 0.374 e. The van der Waals surface area contributed by atoms with Gasteiger partial charge in [-0.2, -0.15) is 0 Å². The van der Waals surface area contributed by atoms with Gasteiger partial charge in [0.25, 0.3) is 0 Å². The van der Waals surface area contributed by atoms with Gasteiger partial charge in [-0.1, -0.05) is 169 Å². The highest BCUT2D eigenvalue weighted by Gasteiger charge is 2.48. The molecule has 6 heterocycles. The fraction of sp³-hybridized carbons (Fsp3) is 0.0606. The Labute approximate surface area is 419 Å². The normalized spacial score (nSPS) is 13.4. The first-order valence-electron chi connectivity index (χ1n) is 25.4. The summed E-state index contributed by atoms with van der Waals surface area (Å²) in [6.07, 6.45) is 0. The summed E-state index contributed by atoms with van der Waals surface area (Å²) in [6.45, 7) is 8.75. The van der Waals surface area contributed by atoms with Crippen molar-refractivity contribution in [3.8, 4) is 44.5 Å². The third-order valence-corrected chi connectivity index (χ3v) is 16.6. The molecule has 0 saturated carbocycles. The molecule has 0 fully saturated rings. The second-order valence-corrected chi connectivity index (χ2v) is 20.6. The minimum atomic E-state index is -0.105. The zero-order valence-corrected chi connectivity index (χ0v) is 40.6. The minimum Gasteiger partial charge on any atom is -0.374 e. The van der Waals surface area contributed by atoms with Gasteiger partial charge in [0.05, 0.1) is 11.0 Å². The summed E-state index contributed by atoms with van der Waals surface area (Å²) in [6, 6.07) is 78.2. The van der Waals surface area contributed by atoms with E-state index < -0.39 is 0 Å². The number of anilines is 6. The smallest absolute Gasteiger partial charge is 0.333 e. The molecule has 72 heavy (non-hydrogen) atoms. The van der Waals surface area contributed by atoms with E-state index in [-0.39, 0.29) is 13.7 Å². The van der Waals surface area contributed by atoms with Crippen molar-refractivity contribution in [3.63, 3.8) is 0 Å². The second kappa shape index (κ2) is 14.4. The van der Waals surface area contributed by atoms with Gasteiger partial charge >= 0.3 is 13.7 Å². The molecule has 0 saturated heterocycles. The highest BCUT2D eigenvalue weighted by molar-refractivity contribution is 6.92. The molecule has 16 rings (SSSR count). The predicted octanol–water partition coefficient (Wildman–Crippen LogP) is 14.2. The monoisotopic (exact) mass is 916 g/mol. The molecule has 10 aromatic carbocycles. The molecule has 0 spiro atoms. The quantitative estimate of drug-likeness (QED) is 0.164. The van der Waals surface area contributed by atoms with Crippen LogP contribution in [0, 0.1) is 27.7 Å². The molecule has 0 radical (unpaired) electrons. The molecule has 4 aliphatic heterocycles. The van der Waals surface area contributed by atoms with E-state index in [2.05, 4.69) is 253 Å². The van der Waals surface area contributed by atoms with Gasteiger partial charge < -0.3 is 18.8 Å². The Morgan fingerprint density at radius 3 is 1.14 bits per heavy atom. The fourth-order valence-corrected chi connectivity index (χ4v) is 14.0. The number of benzene rings is 10. The van der Waals surface area contributed by atoms with E-state index in [1.807, 2.05) is 0 Å². The average Bonchev–Trinajstić information content (AvgIpc) is 3.93. The van der Waals surface area contributed by atoms with Crippen molar-refractivity contribution < 1.29 is 0 Å². The summed E-state index contributed by atoms with van der Waals surface area (Å²) < 4.78 is 5.57. The number of para-hydroxylation sites is 6. The molecular formula is C66H46B2N4. The summed E-state index contributed by atoms with van der Waals surface area (Å²) in [4.78, 5) is 5.03. The zero-order chi connectivity index (χ0) is 47.7. The summed E-state index contributed by atoms with van der Waals surface area (Å²) >= 11 is 0. The predicted molar refractivity (Wildman–Crippen MR) is 306 cm³/mol. The highest BCUT2D eigenvalue weighted by Crippen LogP contribution is 2.53. The van der Waals surface area contributed by atoms with Crippen molar-refractivity contribution >= 4 is 103 Å². The molecule has 0 N–H and O–H groups in total. The van der Waals surface area contributed by atoms with Crippen molar-refractivity contribution in [3.05, 3.63) is 229 Å². The average molecular weight is 917 g/mol. The van der Waals surface area contributed by atoms with Gasteiger partial charge in [-0.3, -0.25) is 0 Å². The number of hydrogen-bond acceptors (Lipinski definition) is 2. The summed E-state index contributed by atoms with van der Waals surface area (Å²) in [5.74, 6) is 0. The molecule has 4 aliphatic rings.